The molecular weight excluding hydrogens is 265 g/mol. The molecule has 3 rings (SSSR count). The van der Waals surface area contributed by atoms with Crippen molar-refractivity contribution in [3.63, 3.8) is 0 Å². The fraction of sp³-hybridized carbons (Fsp3) is 0.625. The van der Waals surface area contributed by atoms with Gasteiger partial charge in [0, 0.05) is 18.7 Å². The second kappa shape index (κ2) is 5.31. The highest BCUT2D eigenvalue weighted by Gasteiger charge is 2.51. The topological polar surface area (TPSA) is 30.9 Å². The number of ether oxygens (including phenoxy) is 1. The molecule has 2 fully saturated rings. The molecule has 1 aromatic rings. The van der Waals surface area contributed by atoms with Crippen molar-refractivity contribution in [1.29, 1.82) is 0 Å². The molecule has 0 unspecified atom stereocenters. The molecule has 0 aliphatic carbocycles. The first-order valence-electron chi connectivity index (χ1n) is 12.5. The molecule has 0 atom stereocenters. The number of hydrogen-bond donors (Lipinski definition) is 0. The summed E-state index contributed by atoms with van der Waals surface area (Å²) < 4.78 is 114. The van der Waals surface area contributed by atoms with Crippen LogP contribution in [0.2, 0.25) is 0 Å². The standard InChI is InChI=1S/C16H24BNO3/c1-15(2)16(3,4)21-17(20-15)13-6-5-7-14(12-13)18-8-10-19-11-9-18/h5-7,12H,8-11H2,1-4H3/i5D,6D,7D,8D2,9D2,10D2,11D2,12D. The van der Waals surface area contributed by atoms with E-state index in [1.165, 1.54) is 0 Å². The fourth-order valence-electron chi connectivity index (χ4n) is 1.84. The predicted molar refractivity (Wildman–Crippen MR) is 85.2 cm³/mol. The highest BCUT2D eigenvalue weighted by molar-refractivity contribution is 6.62. The number of anilines is 1. The Morgan fingerprint density at radius 3 is 2.38 bits per heavy atom. The summed E-state index contributed by atoms with van der Waals surface area (Å²) in [5, 5.41) is 0. The van der Waals surface area contributed by atoms with Crippen LogP contribution in [0.4, 0.5) is 5.69 Å². The van der Waals surface area contributed by atoms with E-state index in [9.17, 15) is 0 Å². The molecule has 4 nitrogen and oxygen atoms in total. The van der Waals surface area contributed by atoms with Crippen LogP contribution in [0.5, 0.6) is 0 Å². The van der Waals surface area contributed by atoms with E-state index in [0.717, 1.165) is 0 Å². The van der Waals surface area contributed by atoms with Gasteiger partial charge in [-0.25, -0.2) is 0 Å². The molecule has 0 amide bonds. The molecule has 2 heterocycles. The van der Waals surface area contributed by atoms with Crippen molar-refractivity contribution in [1.82, 2.24) is 0 Å². The van der Waals surface area contributed by atoms with Crippen LogP contribution in [-0.4, -0.2) is 44.4 Å². The fourth-order valence-corrected chi connectivity index (χ4v) is 1.84. The van der Waals surface area contributed by atoms with Crippen LogP contribution in [-0.2, 0) is 14.0 Å². The lowest BCUT2D eigenvalue weighted by Crippen LogP contribution is -2.41. The van der Waals surface area contributed by atoms with Crippen LogP contribution in [0.3, 0.4) is 0 Å². The molecular formula is C16H24BNO3. The van der Waals surface area contributed by atoms with Crippen LogP contribution in [0.15, 0.2) is 24.2 Å². The zero-order valence-electron chi connectivity index (χ0n) is 24.2. The van der Waals surface area contributed by atoms with E-state index < -0.39 is 74.3 Å². The predicted octanol–water partition coefficient (Wildman–Crippen LogP) is 1.82. The van der Waals surface area contributed by atoms with E-state index in [4.69, 9.17) is 25.8 Å². The zero-order chi connectivity index (χ0) is 25.7. The molecule has 114 valence electrons. The third-order valence-electron chi connectivity index (χ3n) is 3.76. The van der Waals surface area contributed by atoms with Crippen LogP contribution >= 0.6 is 0 Å². The van der Waals surface area contributed by atoms with Gasteiger partial charge in [0.1, 0.15) is 0 Å². The molecule has 0 saturated carbocycles. The van der Waals surface area contributed by atoms with Gasteiger partial charge in [0.05, 0.1) is 40.8 Å². The summed E-state index contributed by atoms with van der Waals surface area (Å²) in [6, 6.07) is -3.22. The number of hydrogen-bond acceptors (Lipinski definition) is 4. The molecule has 0 spiro atoms. The molecule has 0 radical (unpaired) electrons. The Morgan fingerprint density at radius 1 is 1.14 bits per heavy atom. The average molecular weight is 301 g/mol. The number of nitrogens with zero attached hydrogens (tertiary/aromatic N) is 1. The second-order valence-corrected chi connectivity index (χ2v) is 5.72. The molecule has 0 aromatic heterocycles. The van der Waals surface area contributed by atoms with Gasteiger partial charge in [-0.3, -0.25) is 0 Å². The van der Waals surface area contributed by atoms with Gasteiger partial charge in [-0.05, 0) is 45.2 Å². The van der Waals surface area contributed by atoms with Crippen LogP contribution in [0.25, 0.3) is 0 Å². The zero-order valence-corrected chi connectivity index (χ0v) is 12.2. The van der Waals surface area contributed by atoms with Crippen LogP contribution in [0.1, 0.15) is 44.1 Å². The van der Waals surface area contributed by atoms with Crippen molar-refractivity contribution in [2.24, 2.45) is 0 Å². The molecule has 0 bridgehead atoms. The van der Waals surface area contributed by atoms with Crippen molar-refractivity contribution in [3.05, 3.63) is 24.2 Å². The normalized spacial score (nSPS) is 42.3. The maximum atomic E-state index is 8.65. The molecule has 2 saturated heterocycles. The minimum atomic E-state index is -3.42. The van der Waals surface area contributed by atoms with Crippen molar-refractivity contribution in [2.75, 3.05) is 31.0 Å². The summed E-state index contributed by atoms with van der Waals surface area (Å²) in [7, 11) is -1.40. The minimum Gasteiger partial charge on any atom is -0.399 e. The van der Waals surface area contributed by atoms with Crippen molar-refractivity contribution >= 4 is 18.3 Å². The summed E-state index contributed by atoms with van der Waals surface area (Å²) in [5.41, 5.74) is -3.15. The Kier molecular flexibility index (Phi) is 1.57. The molecule has 5 heteroatoms. The lowest BCUT2D eigenvalue weighted by Gasteiger charge is -2.32. The van der Waals surface area contributed by atoms with Crippen LogP contribution in [0, 0.1) is 0 Å². The molecule has 0 N–H and O–H groups in total. The first-order chi connectivity index (χ1) is 14.5. The quantitative estimate of drug-likeness (QED) is 0.780. The van der Waals surface area contributed by atoms with Crippen LogP contribution < -0.4 is 10.4 Å². The van der Waals surface area contributed by atoms with Gasteiger partial charge in [-0.15, -0.1) is 0 Å². The lowest BCUT2D eigenvalue weighted by molar-refractivity contribution is 0.00578. The van der Waals surface area contributed by atoms with Crippen molar-refractivity contribution < 1.29 is 30.5 Å². The first kappa shape index (κ1) is 6.22. The third-order valence-corrected chi connectivity index (χ3v) is 3.76. The Balaban J connectivity index is 2.34. The number of benzene rings is 1. The molecule has 1 aromatic carbocycles. The Labute approximate surface area is 144 Å². The highest BCUT2D eigenvalue weighted by atomic mass is 16.7. The summed E-state index contributed by atoms with van der Waals surface area (Å²) in [5.74, 6) is 0. The molecule has 2 aliphatic heterocycles. The monoisotopic (exact) mass is 301 g/mol. The van der Waals surface area contributed by atoms with Gasteiger partial charge in [-0.1, -0.05) is 12.1 Å². The van der Waals surface area contributed by atoms with E-state index in [1.54, 1.807) is 27.7 Å². The largest absolute Gasteiger partial charge is 0.494 e. The summed E-state index contributed by atoms with van der Waals surface area (Å²) in [4.78, 5) is -0.0274. The SMILES string of the molecule is [2H]c1c([2H])c(B2OC(C)(C)C(C)(C)O2)c([2H])c(N2C([2H])([2H])C([2H])([2H])OC([2H])([2H])C2([2H])[2H])c1[2H]. The van der Waals surface area contributed by atoms with E-state index >= 15 is 0 Å². The van der Waals surface area contributed by atoms with Gasteiger partial charge in [0.25, 0.3) is 0 Å². The average Bonchev–Trinajstić information content (AvgIpc) is 2.81. The van der Waals surface area contributed by atoms with Crippen molar-refractivity contribution in [2.45, 2.75) is 38.9 Å². The Morgan fingerprint density at radius 2 is 1.76 bits per heavy atom. The lowest BCUT2D eigenvalue weighted by atomic mass is 9.79. The van der Waals surface area contributed by atoms with E-state index in [-0.39, 0.29) is 10.4 Å². The smallest absolute Gasteiger partial charge is 0.399 e. The summed E-state index contributed by atoms with van der Waals surface area (Å²) in [6.07, 6.45) is 0. The maximum Gasteiger partial charge on any atom is 0.494 e. The van der Waals surface area contributed by atoms with Gasteiger partial charge >= 0.3 is 7.12 Å². The van der Waals surface area contributed by atoms with E-state index in [1.807, 2.05) is 0 Å². The van der Waals surface area contributed by atoms with E-state index in [0.29, 0.717) is 0 Å². The van der Waals surface area contributed by atoms with E-state index in [2.05, 4.69) is 4.74 Å². The Bertz CT molecular complexity index is 958. The van der Waals surface area contributed by atoms with Gasteiger partial charge < -0.3 is 18.9 Å². The highest BCUT2D eigenvalue weighted by Crippen LogP contribution is 2.36. The second-order valence-electron chi connectivity index (χ2n) is 5.72. The minimum absolute atomic E-state index is 0.0274. The number of morpholine rings is 1. The van der Waals surface area contributed by atoms with Crippen molar-refractivity contribution in [3.8, 4) is 0 Å². The van der Waals surface area contributed by atoms with Gasteiger partial charge in [0.15, 0.2) is 0 Å². The maximum absolute atomic E-state index is 8.65. The first-order valence-corrected chi connectivity index (χ1v) is 6.50. The Hall–Kier alpha value is -1.04. The number of rotatable bonds is 2. The molecule has 2 aliphatic rings. The summed E-state index contributed by atoms with van der Waals surface area (Å²) in [6.45, 7) is -6.86. The molecule has 21 heavy (non-hydrogen) atoms. The third kappa shape index (κ3) is 2.82. The van der Waals surface area contributed by atoms with Gasteiger partial charge in [0.2, 0.25) is 0 Å². The van der Waals surface area contributed by atoms with Gasteiger partial charge in [-0.2, -0.15) is 0 Å². The summed E-state index contributed by atoms with van der Waals surface area (Å²) >= 11 is 0.